The molecule has 0 aliphatic rings. The van der Waals surface area contributed by atoms with E-state index in [9.17, 15) is 8.42 Å². The molecule has 0 aliphatic heterocycles. The summed E-state index contributed by atoms with van der Waals surface area (Å²) in [6.07, 6.45) is 0. The summed E-state index contributed by atoms with van der Waals surface area (Å²) in [4.78, 5) is 2.21. The van der Waals surface area contributed by atoms with Crippen molar-refractivity contribution in [3.05, 3.63) is 0 Å². The van der Waals surface area contributed by atoms with E-state index in [1.165, 1.54) is 6.92 Å². The minimum atomic E-state index is -3.38. The van der Waals surface area contributed by atoms with Gasteiger partial charge in [-0.25, -0.2) is 13.1 Å². The van der Waals surface area contributed by atoms with Crippen LogP contribution in [-0.2, 0) is 10.0 Å². The molecule has 1 atom stereocenters. The van der Waals surface area contributed by atoms with Crippen LogP contribution in [0.4, 0.5) is 0 Å². The third-order valence-electron chi connectivity index (χ3n) is 2.79. The molecule has 1 unspecified atom stereocenters. The van der Waals surface area contributed by atoms with Gasteiger partial charge in [-0.3, -0.25) is 4.90 Å². The van der Waals surface area contributed by atoms with E-state index < -0.39 is 15.3 Å². The number of nitrogens with one attached hydrogen (secondary N) is 1. The molecule has 0 spiro atoms. The van der Waals surface area contributed by atoms with Crippen molar-refractivity contribution in [2.24, 2.45) is 0 Å². The van der Waals surface area contributed by atoms with Crippen molar-refractivity contribution in [2.45, 2.75) is 52.0 Å². The van der Waals surface area contributed by atoms with Gasteiger partial charge in [0.2, 0.25) is 10.0 Å². The summed E-state index contributed by atoms with van der Waals surface area (Å²) in [5.41, 5.74) is 0. The Morgan fingerprint density at radius 3 is 1.94 bits per heavy atom. The van der Waals surface area contributed by atoms with Crippen LogP contribution in [0.15, 0.2) is 0 Å². The number of sulfonamides is 1. The Hall–Kier alpha value is -0.170. The molecule has 0 fully saturated rings. The minimum Gasteiger partial charge on any atom is -0.395 e. The molecule has 6 heteroatoms. The topological polar surface area (TPSA) is 69.6 Å². The van der Waals surface area contributed by atoms with E-state index in [0.29, 0.717) is 25.2 Å². The Morgan fingerprint density at radius 1 is 1.12 bits per heavy atom. The molecule has 2 N–H and O–H groups in total. The third kappa shape index (κ3) is 5.81. The highest BCUT2D eigenvalue weighted by Crippen LogP contribution is 2.04. The second-order valence-corrected chi connectivity index (χ2v) is 7.04. The number of hydrogen-bond donors (Lipinski definition) is 2. The molecule has 0 saturated carbocycles. The molecule has 0 heterocycles. The van der Waals surface area contributed by atoms with E-state index >= 15 is 0 Å². The summed E-state index contributed by atoms with van der Waals surface area (Å²) in [6.45, 7) is 10.5. The zero-order chi connectivity index (χ0) is 13.6. The van der Waals surface area contributed by atoms with Gasteiger partial charge in [0.1, 0.15) is 0 Å². The summed E-state index contributed by atoms with van der Waals surface area (Å²) in [6, 6.07) is 0.768. The van der Waals surface area contributed by atoms with Crippen LogP contribution in [0.1, 0.15) is 34.6 Å². The summed E-state index contributed by atoms with van der Waals surface area (Å²) < 4.78 is 25.7. The lowest BCUT2D eigenvalue weighted by Gasteiger charge is -2.30. The monoisotopic (exact) mass is 266 g/mol. The maximum Gasteiger partial charge on any atom is 0.216 e. The number of aliphatic hydroxyl groups is 1. The molecule has 0 aliphatic carbocycles. The van der Waals surface area contributed by atoms with Crippen LogP contribution in [0.5, 0.6) is 0 Å². The highest BCUT2D eigenvalue weighted by molar-refractivity contribution is 7.90. The molecule has 5 nitrogen and oxygen atoms in total. The largest absolute Gasteiger partial charge is 0.395 e. The van der Waals surface area contributed by atoms with Crippen LogP contribution in [-0.4, -0.2) is 55.5 Å². The summed E-state index contributed by atoms with van der Waals surface area (Å²) in [7, 11) is -3.38. The molecule has 0 bridgehead atoms. The third-order valence-corrected chi connectivity index (χ3v) is 4.60. The van der Waals surface area contributed by atoms with Crippen LogP contribution in [0, 0.1) is 0 Å². The molecular formula is C11H26N2O3S. The van der Waals surface area contributed by atoms with Crippen LogP contribution < -0.4 is 4.72 Å². The maximum absolute atomic E-state index is 11.6. The van der Waals surface area contributed by atoms with Gasteiger partial charge in [-0.05, 0) is 34.6 Å². The number of aliphatic hydroxyl groups excluding tert-OH is 1. The molecule has 0 amide bonds. The smallest absolute Gasteiger partial charge is 0.216 e. The highest BCUT2D eigenvalue weighted by Gasteiger charge is 2.20. The zero-order valence-electron chi connectivity index (χ0n) is 11.5. The predicted molar refractivity (Wildman–Crippen MR) is 70.4 cm³/mol. The van der Waals surface area contributed by atoms with Gasteiger partial charge in [-0.15, -0.1) is 0 Å². The number of hydrogen-bond acceptors (Lipinski definition) is 4. The van der Waals surface area contributed by atoms with Gasteiger partial charge in [-0.2, -0.15) is 0 Å². The zero-order valence-corrected chi connectivity index (χ0v) is 12.3. The van der Waals surface area contributed by atoms with Crippen molar-refractivity contribution < 1.29 is 13.5 Å². The fraction of sp³-hybridized carbons (Fsp3) is 1.00. The second kappa shape index (κ2) is 7.31. The van der Waals surface area contributed by atoms with E-state index in [1.54, 1.807) is 0 Å². The van der Waals surface area contributed by atoms with Crippen molar-refractivity contribution in [1.29, 1.82) is 0 Å². The van der Waals surface area contributed by atoms with Crippen molar-refractivity contribution in [2.75, 3.05) is 19.7 Å². The van der Waals surface area contributed by atoms with E-state index in [2.05, 4.69) is 37.3 Å². The normalized spacial score (nSPS) is 14.9. The SMILES string of the molecule is CC(C)N(CCNS(=O)(=O)C(C)CO)C(C)C. The van der Waals surface area contributed by atoms with E-state index in [0.717, 1.165) is 0 Å². The molecule has 0 radical (unpaired) electrons. The first kappa shape index (κ1) is 16.8. The van der Waals surface area contributed by atoms with Gasteiger partial charge in [0, 0.05) is 25.2 Å². The predicted octanol–water partition coefficient (Wildman–Crippen LogP) is 0.405. The average molecular weight is 266 g/mol. The molecule has 104 valence electrons. The first-order chi connectivity index (χ1) is 7.72. The first-order valence-electron chi connectivity index (χ1n) is 6.07. The summed E-state index contributed by atoms with van der Waals surface area (Å²) in [5, 5.41) is 8.07. The van der Waals surface area contributed by atoms with Crippen LogP contribution in [0.2, 0.25) is 0 Å². The number of rotatable bonds is 8. The summed E-state index contributed by atoms with van der Waals surface area (Å²) >= 11 is 0. The van der Waals surface area contributed by atoms with Gasteiger partial charge in [-0.1, -0.05) is 0 Å². The Bertz CT molecular complexity index is 294. The lowest BCUT2D eigenvalue weighted by atomic mass is 10.2. The van der Waals surface area contributed by atoms with E-state index in [1.807, 2.05) is 0 Å². The van der Waals surface area contributed by atoms with Crippen molar-refractivity contribution >= 4 is 10.0 Å². The number of nitrogens with zero attached hydrogens (tertiary/aromatic N) is 1. The Labute approximate surface area is 105 Å². The maximum atomic E-state index is 11.6. The van der Waals surface area contributed by atoms with Crippen LogP contribution in [0.3, 0.4) is 0 Å². The molecule has 0 aromatic heterocycles. The molecule has 0 rings (SSSR count). The van der Waals surface area contributed by atoms with Crippen LogP contribution in [0.25, 0.3) is 0 Å². The fourth-order valence-corrected chi connectivity index (χ4v) is 2.53. The van der Waals surface area contributed by atoms with E-state index in [4.69, 9.17) is 5.11 Å². The van der Waals surface area contributed by atoms with Crippen molar-refractivity contribution in [3.63, 3.8) is 0 Å². The summed E-state index contributed by atoms with van der Waals surface area (Å²) in [5.74, 6) is 0. The highest BCUT2D eigenvalue weighted by atomic mass is 32.2. The lowest BCUT2D eigenvalue weighted by molar-refractivity contribution is 0.178. The van der Waals surface area contributed by atoms with Gasteiger partial charge >= 0.3 is 0 Å². The standard InChI is InChI=1S/C11H26N2O3S/c1-9(2)13(10(3)4)7-6-12-17(15,16)11(5)8-14/h9-12,14H,6-8H2,1-5H3. The van der Waals surface area contributed by atoms with Gasteiger partial charge in [0.25, 0.3) is 0 Å². The minimum absolute atomic E-state index is 0.354. The molecule has 0 aromatic carbocycles. The lowest BCUT2D eigenvalue weighted by Crippen LogP contribution is -2.44. The van der Waals surface area contributed by atoms with Crippen molar-refractivity contribution in [3.8, 4) is 0 Å². The van der Waals surface area contributed by atoms with Gasteiger partial charge in [0.05, 0.1) is 11.9 Å². The molecular weight excluding hydrogens is 240 g/mol. The van der Waals surface area contributed by atoms with Crippen molar-refractivity contribution in [1.82, 2.24) is 9.62 Å². The quantitative estimate of drug-likeness (QED) is 0.667. The molecule has 17 heavy (non-hydrogen) atoms. The van der Waals surface area contributed by atoms with E-state index in [-0.39, 0.29) is 6.61 Å². The Balaban J connectivity index is 4.22. The Morgan fingerprint density at radius 2 is 1.59 bits per heavy atom. The Kier molecular flexibility index (Phi) is 7.23. The van der Waals surface area contributed by atoms with Gasteiger partial charge in [0.15, 0.2) is 0 Å². The first-order valence-corrected chi connectivity index (χ1v) is 7.62. The molecule has 0 aromatic rings. The fourth-order valence-electron chi connectivity index (χ4n) is 1.67. The van der Waals surface area contributed by atoms with Crippen LogP contribution >= 0.6 is 0 Å². The molecule has 0 saturated heterocycles. The second-order valence-electron chi connectivity index (χ2n) is 4.86. The average Bonchev–Trinajstić information content (AvgIpc) is 2.21. The van der Waals surface area contributed by atoms with Gasteiger partial charge < -0.3 is 5.11 Å².